The number of likely N-dealkylation sites (N-methyl/N-ethyl adjacent to an activating group) is 1. The van der Waals surface area contributed by atoms with Crippen molar-refractivity contribution in [2.75, 3.05) is 13.6 Å². The fourth-order valence-electron chi connectivity index (χ4n) is 1.42. The number of carbonyl (C=O) groups is 1. The molecule has 1 atom stereocenters. The molecule has 0 bridgehead atoms. The molecule has 0 aliphatic carbocycles. The van der Waals surface area contributed by atoms with Crippen LogP contribution in [0.3, 0.4) is 0 Å². The van der Waals surface area contributed by atoms with E-state index in [4.69, 9.17) is 0 Å². The van der Waals surface area contributed by atoms with Gasteiger partial charge in [0.2, 0.25) is 0 Å². The molecule has 0 saturated heterocycles. The van der Waals surface area contributed by atoms with Crippen LogP contribution in [0.1, 0.15) is 33.6 Å². The van der Waals surface area contributed by atoms with E-state index in [0.717, 1.165) is 19.4 Å². The van der Waals surface area contributed by atoms with E-state index in [-0.39, 0.29) is 11.8 Å². The number of nitrogens with zero attached hydrogens (tertiary/aromatic N) is 1. The lowest BCUT2D eigenvalue weighted by Gasteiger charge is -2.23. The van der Waals surface area contributed by atoms with E-state index in [1.54, 1.807) is 6.92 Å². The highest BCUT2D eigenvalue weighted by Gasteiger charge is 2.15. The van der Waals surface area contributed by atoms with E-state index in [1.807, 2.05) is 7.05 Å². The summed E-state index contributed by atoms with van der Waals surface area (Å²) in [5, 5.41) is 0. The molecule has 0 fully saturated rings. The van der Waals surface area contributed by atoms with Crippen LogP contribution in [-0.2, 0) is 4.79 Å². The zero-order chi connectivity index (χ0) is 8.85. The van der Waals surface area contributed by atoms with E-state index in [0.29, 0.717) is 0 Å². The van der Waals surface area contributed by atoms with Gasteiger partial charge in [-0.25, -0.2) is 0 Å². The summed E-state index contributed by atoms with van der Waals surface area (Å²) in [7, 11) is 2.01. The summed E-state index contributed by atoms with van der Waals surface area (Å²) in [4.78, 5) is 13.2. The molecule has 0 amide bonds. The molecule has 0 aromatic carbocycles. The van der Waals surface area contributed by atoms with Gasteiger partial charge in [-0.2, -0.15) is 0 Å². The minimum Gasteiger partial charge on any atom is -0.298 e. The SMILES string of the molecule is CCCN(C)C(CC)C(C)=O. The van der Waals surface area contributed by atoms with Gasteiger partial charge in [0.15, 0.2) is 0 Å². The summed E-state index contributed by atoms with van der Waals surface area (Å²) in [5.41, 5.74) is 0. The van der Waals surface area contributed by atoms with Crippen LogP contribution in [-0.4, -0.2) is 30.3 Å². The molecule has 0 aromatic heterocycles. The summed E-state index contributed by atoms with van der Waals surface area (Å²) in [6.07, 6.45) is 2.03. The topological polar surface area (TPSA) is 20.3 Å². The average molecular weight is 157 g/mol. The highest BCUT2D eigenvalue weighted by Crippen LogP contribution is 2.02. The third-order valence-corrected chi connectivity index (χ3v) is 1.96. The molecule has 2 heteroatoms. The Kier molecular flexibility index (Phi) is 5.12. The second-order valence-corrected chi connectivity index (χ2v) is 3.02. The quantitative estimate of drug-likeness (QED) is 0.605. The van der Waals surface area contributed by atoms with Crippen molar-refractivity contribution >= 4 is 5.78 Å². The fourth-order valence-corrected chi connectivity index (χ4v) is 1.42. The largest absolute Gasteiger partial charge is 0.298 e. The molecule has 0 aromatic rings. The highest BCUT2D eigenvalue weighted by atomic mass is 16.1. The molecule has 0 aliphatic heterocycles. The Bertz CT molecular complexity index is 123. The van der Waals surface area contributed by atoms with Gasteiger partial charge in [-0.1, -0.05) is 13.8 Å². The van der Waals surface area contributed by atoms with E-state index in [2.05, 4.69) is 18.7 Å². The third kappa shape index (κ3) is 3.51. The first-order chi connectivity index (χ1) is 5.13. The van der Waals surface area contributed by atoms with Crippen molar-refractivity contribution in [3.8, 4) is 0 Å². The highest BCUT2D eigenvalue weighted by molar-refractivity contribution is 5.81. The van der Waals surface area contributed by atoms with Crippen molar-refractivity contribution < 1.29 is 4.79 Å². The van der Waals surface area contributed by atoms with Crippen LogP contribution in [0.4, 0.5) is 0 Å². The molecule has 0 rings (SSSR count). The maximum atomic E-state index is 11.0. The molecule has 66 valence electrons. The Morgan fingerprint density at radius 2 is 2.00 bits per heavy atom. The molecule has 2 nitrogen and oxygen atoms in total. The molecule has 0 N–H and O–H groups in total. The first-order valence-corrected chi connectivity index (χ1v) is 4.34. The van der Waals surface area contributed by atoms with Crippen LogP contribution in [0, 0.1) is 0 Å². The van der Waals surface area contributed by atoms with Crippen LogP contribution in [0.2, 0.25) is 0 Å². The molecule has 0 heterocycles. The zero-order valence-electron chi connectivity index (χ0n) is 8.05. The lowest BCUT2D eigenvalue weighted by Crippen LogP contribution is -2.37. The number of carbonyl (C=O) groups excluding carboxylic acids is 1. The van der Waals surface area contributed by atoms with Gasteiger partial charge >= 0.3 is 0 Å². The van der Waals surface area contributed by atoms with E-state index in [9.17, 15) is 4.79 Å². The molecular weight excluding hydrogens is 138 g/mol. The van der Waals surface area contributed by atoms with Gasteiger partial charge in [0, 0.05) is 0 Å². The number of hydrogen-bond acceptors (Lipinski definition) is 2. The Morgan fingerprint density at radius 3 is 2.27 bits per heavy atom. The predicted octanol–water partition coefficient (Wildman–Crippen LogP) is 1.70. The van der Waals surface area contributed by atoms with E-state index < -0.39 is 0 Å². The molecule has 1 unspecified atom stereocenters. The summed E-state index contributed by atoms with van der Waals surface area (Å²) in [6, 6.07) is 0.134. The van der Waals surface area contributed by atoms with Crippen LogP contribution >= 0.6 is 0 Å². The zero-order valence-corrected chi connectivity index (χ0v) is 8.05. The van der Waals surface area contributed by atoms with Crippen molar-refractivity contribution in [1.82, 2.24) is 4.90 Å². The minimum absolute atomic E-state index is 0.134. The Hall–Kier alpha value is -0.370. The molecular formula is C9H19NO. The van der Waals surface area contributed by atoms with E-state index in [1.165, 1.54) is 0 Å². The van der Waals surface area contributed by atoms with Crippen molar-refractivity contribution in [2.24, 2.45) is 0 Å². The van der Waals surface area contributed by atoms with Crippen LogP contribution in [0.15, 0.2) is 0 Å². The predicted molar refractivity (Wildman–Crippen MR) is 47.7 cm³/mol. The standard InChI is InChI=1S/C9H19NO/c1-5-7-10(4)9(6-2)8(3)11/h9H,5-7H2,1-4H3. The van der Waals surface area contributed by atoms with Gasteiger partial charge in [-0.05, 0) is 33.4 Å². The van der Waals surface area contributed by atoms with Gasteiger partial charge in [0.1, 0.15) is 5.78 Å². The molecule has 0 spiro atoms. The number of ketones is 1. The van der Waals surface area contributed by atoms with Crippen LogP contribution < -0.4 is 0 Å². The minimum atomic E-state index is 0.134. The number of Topliss-reactive ketones (excluding diaryl/α,β-unsaturated/α-hetero) is 1. The summed E-state index contributed by atoms with van der Waals surface area (Å²) >= 11 is 0. The van der Waals surface area contributed by atoms with Gasteiger partial charge in [-0.15, -0.1) is 0 Å². The first kappa shape index (κ1) is 10.6. The molecule has 0 saturated carbocycles. The molecule has 0 aliphatic rings. The van der Waals surface area contributed by atoms with Gasteiger partial charge in [-0.3, -0.25) is 9.69 Å². The first-order valence-electron chi connectivity index (χ1n) is 4.34. The van der Waals surface area contributed by atoms with Gasteiger partial charge in [0.05, 0.1) is 6.04 Å². The summed E-state index contributed by atoms with van der Waals surface area (Å²) in [6.45, 7) is 6.86. The Balaban J connectivity index is 3.91. The number of rotatable bonds is 5. The average Bonchev–Trinajstić information content (AvgIpc) is 1.88. The van der Waals surface area contributed by atoms with Gasteiger partial charge < -0.3 is 0 Å². The summed E-state index contributed by atoms with van der Waals surface area (Å²) in [5.74, 6) is 0.281. The lowest BCUT2D eigenvalue weighted by atomic mass is 10.1. The number of hydrogen-bond donors (Lipinski definition) is 0. The van der Waals surface area contributed by atoms with Crippen LogP contribution in [0.25, 0.3) is 0 Å². The second kappa shape index (κ2) is 5.30. The maximum Gasteiger partial charge on any atom is 0.146 e. The van der Waals surface area contributed by atoms with Crippen molar-refractivity contribution in [2.45, 2.75) is 39.7 Å². The molecule has 0 radical (unpaired) electrons. The Labute approximate surface area is 69.6 Å². The second-order valence-electron chi connectivity index (χ2n) is 3.02. The van der Waals surface area contributed by atoms with Crippen LogP contribution in [0.5, 0.6) is 0 Å². The molecule has 11 heavy (non-hydrogen) atoms. The van der Waals surface area contributed by atoms with Crippen molar-refractivity contribution in [3.63, 3.8) is 0 Å². The normalized spacial score (nSPS) is 13.5. The van der Waals surface area contributed by atoms with Gasteiger partial charge in [0.25, 0.3) is 0 Å². The maximum absolute atomic E-state index is 11.0. The van der Waals surface area contributed by atoms with E-state index >= 15 is 0 Å². The smallest absolute Gasteiger partial charge is 0.146 e. The fraction of sp³-hybridized carbons (Fsp3) is 0.889. The Morgan fingerprint density at radius 1 is 1.45 bits per heavy atom. The monoisotopic (exact) mass is 157 g/mol. The summed E-state index contributed by atoms with van der Waals surface area (Å²) < 4.78 is 0. The lowest BCUT2D eigenvalue weighted by molar-refractivity contribution is -0.121. The third-order valence-electron chi connectivity index (χ3n) is 1.96. The van der Waals surface area contributed by atoms with Crippen molar-refractivity contribution in [3.05, 3.63) is 0 Å². The van der Waals surface area contributed by atoms with Crippen molar-refractivity contribution in [1.29, 1.82) is 0 Å².